The summed E-state index contributed by atoms with van der Waals surface area (Å²) < 4.78 is 5.00. The first-order valence-corrected chi connectivity index (χ1v) is 5.51. The summed E-state index contributed by atoms with van der Waals surface area (Å²) in [5.74, 6) is 2.36. The number of halogens is 2. The van der Waals surface area contributed by atoms with Gasteiger partial charge in [-0.05, 0) is 19.4 Å². The Hall–Kier alpha value is -0.360. The molecular formula is C10H20Cl2N4O. The highest BCUT2D eigenvalue weighted by atomic mass is 35.5. The fraction of sp³-hybridized carbons (Fsp3) is 0.800. The second-order valence-electron chi connectivity index (χ2n) is 3.93. The van der Waals surface area contributed by atoms with E-state index in [1.807, 2.05) is 0 Å². The lowest BCUT2D eigenvalue weighted by atomic mass is 9.99. The van der Waals surface area contributed by atoms with Gasteiger partial charge in [-0.25, -0.2) is 4.98 Å². The molecule has 0 amide bonds. The average molecular weight is 283 g/mol. The minimum Gasteiger partial charge on any atom is -0.384 e. The van der Waals surface area contributed by atoms with Crippen LogP contribution in [0.2, 0.25) is 0 Å². The molecule has 1 atom stereocenters. The van der Waals surface area contributed by atoms with Gasteiger partial charge in [0.05, 0.1) is 6.61 Å². The van der Waals surface area contributed by atoms with E-state index in [9.17, 15) is 0 Å². The molecule has 2 rings (SSSR count). The van der Waals surface area contributed by atoms with Crippen LogP contribution in [0.1, 0.15) is 30.4 Å². The van der Waals surface area contributed by atoms with Crippen LogP contribution < -0.4 is 5.32 Å². The number of aromatic amines is 1. The molecule has 0 spiro atoms. The van der Waals surface area contributed by atoms with Gasteiger partial charge in [-0.2, -0.15) is 5.10 Å². The Labute approximate surface area is 114 Å². The molecule has 0 aliphatic carbocycles. The summed E-state index contributed by atoms with van der Waals surface area (Å²) in [4.78, 5) is 4.48. The molecule has 1 fully saturated rings. The van der Waals surface area contributed by atoms with Gasteiger partial charge in [0.15, 0.2) is 5.82 Å². The lowest BCUT2D eigenvalue weighted by Gasteiger charge is -2.19. The van der Waals surface area contributed by atoms with Gasteiger partial charge >= 0.3 is 0 Å². The van der Waals surface area contributed by atoms with Crippen LogP contribution in [0.15, 0.2) is 0 Å². The number of hydrogen-bond donors (Lipinski definition) is 2. The minimum absolute atomic E-state index is 0. The molecular weight excluding hydrogens is 263 g/mol. The molecule has 0 bridgehead atoms. The van der Waals surface area contributed by atoms with Crippen molar-refractivity contribution in [3.8, 4) is 0 Å². The number of methoxy groups -OCH3 is 1. The van der Waals surface area contributed by atoms with Crippen molar-refractivity contribution in [3.05, 3.63) is 11.6 Å². The zero-order chi connectivity index (χ0) is 10.5. The van der Waals surface area contributed by atoms with E-state index in [1.165, 1.54) is 12.8 Å². The third kappa shape index (κ3) is 4.79. The lowest BCUT2D eigenvalue weighted by molar-refractivity contribution is 0.200. The number of piperidine rings is 1. The summed E-state index contributed by atoms with van der Waals surface area (Å²) in [6, 6.07) is 0. The molecule has 1 aliphatic rings. The van der Waals surface area contributed by atoms with Gasteiger partial charge in [0.25, 0.3) is 0 Å². The smallest absolute Gasteiger partial charge is 0.155 e. The van der Waals surface area contributed by atoms with E-state index in [-0.39, 0.29) is 24.8 Å². The summed E-state index contributed by atoms with van der Waals surface area (Å²) in [6.45, 7) is 2.82. The maximum atomic E-state index is 5.00. The Morgan fingerprint density at radius 3 is 2.88 bits per heavy atom. The lowest BCUT2D eigenvalue weighted by Crippen LogP contribution is -2.28. The molecule has 7 heteroatoms. The third-order valence-corrected chi connectivity index (χ3v) is 2.75. The number of nitrogens with zero attached hydrogens (tertiary/aromatic N) is 2. The largest absolute Gasteiger partial charge is 0.384 e. The van der Waals surface area contributed by atoms with Gasteiger partial charge in [0, 0.05) is 26.0 Å². The van der Waals surface area contributed by atoms with E-state index >= 15 is 0 Å². The third-order valence-electron chi connectivity index (χ3n) is 2.75. The molecule has 2 heterocycles. The van der Waals surface area contributed by atoms with Gasteiger partial charge in [-0.15, -0.1) is 24.8 Å². The van der Waals surface area contributed by atoms with Crippen molar-refractivity contribution in [2.45, 2.75) is 25.2 Å². The van der Waals surface area contributed by atoms with Crippen molar-refractivity contribution in [2.75, 3.05) is 26.8 Å². The Morgan fingerprint density at radius 1 is 1.41 bits per heavy atom. The average Bonchev–Trinajstić information content (AvgIpc) is 2.76. The fourth-order valence-corrected chi connectivity index (χ4v) is 1.88. The highest BCUT2D eigenvalue weighted by Crippen LogP contribution is 2.19. The summed E-state index contributed by atoms with van der Waals surface area (Å²) in [7, 11) is 1.70. The van der Waals surface area contributed by atoms with Crippen LogP contribution in [-0.4, -0.2) is 42.0 Å². The van der Waals surface area contributed by atoms with Gasteiger partial charge in [0.2, 0.25) is 0 Å². The summed E-state index contributed by atoms with van der Waals surface area (Å²) in [5.41, 5.74) is 0. The molecule has 1 aromatic heterocycles. The first kappa shape index (κ1) is 16.6. The van der Waals surface area contributed by atoms with E-state index in [0.29, 0.717) is 12.5 Å². The van der Waals surface area contributed by atoms with Crippen molar-refractivity contribution in [3.63, 3.8) is 0 Å². The van der Waals surface area contributed by atoms with E-state index in [2.05, 4.69) is 20.5 Å². The monoisotopic (exact) mass is 282 g/mol. The van der Waals surface area contributed by atoms with Gasteiger partial charge < -0.3 is 10.1 Å². The predicted octanol–water partition coefficient (Wildman–Crippen LogP) is 1.30. The maximum absolute atomic E-state index is 5.00. The Bertz CT molecular complexity index is 302. The molecule has 17 heavy (non-hydrogen) atoms. The topological polar surface area (TPSA) is 62.8 Å². The number of hydrogen-bond acceptors (Lipinski definition) is 4. The van der Waals surface area contributed by atoms with Crippen LogP contribution in [0.4, 0.5) is 0 Å². The molecule has 5 nitrogen and oxygen atoms in total. The Balaban J connectivity index is 0.00000128. The number of aromatic nitrogens is 3. The first-order valence-electron chi connectivity index (χ1n) is 5.51. The van der Waals surface area contributed by atoms with Crippen LogP contribution in [0.5, 0.6) is 0 Å². The first-order chi connectivity index (χ1) is 7.40. The second kappa shape index (κ2) is 8.69. The van der Waals surface area contributed by atoms with Crippen molar-refractivity contribution in [2.24, 2.45) is 0 Å². The Morgan fingerprint density at radius 2 is 2.24 bits per heavy atom. The van der Waals surface area contributed by atoms with Gasteiger partial charge in [-0.3, -0.25) is 5.10 Å². The molecule has 0 saturated carbocycles. The molecule has 1 unspecified atom stereocenters. The molecule has 100 valence electrons. The van der Waals surface area contributed by atoms with Crippen molar-refractivity contribution in [1.82, 2.24) is 20.5 Å². The highest BCUT2D eigenvalue weighted by molar-refractivity contribution is 5.85. The minimum atomic E-state index is 0. The zero-order valence-corrected chi connectivity index (χ0v) is 11.6. The molecule has 1 aliphatic heterocycles. The summed E-state index contributed by atoms with van der Waals surface area (Å²) >= 11 is 0. The number of nitrogens with one attached hydrogen (secondary N) is 2. The van der Waals surface area contributed by atoms with Crippen LogP contribution >= 0.6 is 24.8 Å². The van der Waals surface area contributed by atoms with Crippen LogP contribution in [0.3, 0.4) is 0 Å². The standard InChI is InChI=1S/C10H18N4O.2ClH/c1-15-6-4-9-12-10(14-13-9)8-3-2-5-11-7-8;;/h8,11H,2-7H2,1H3,(H,12,13,14);2*1H. The van der Waals surface area contributed by atoms with Crippen molar-refractivity contribution < 1.29 is 4.74 Å². The molecule has 1 saturated heterocycles. The van der Waals surface area contributed by atoms with Crippen LogP contribution in [0.25, 0.3) is 0 Å². The summed E-state index contributed by atoms with van der Waals surface area (Å²) in [5, 5.41) is 10.6. The molecule has 1 aromatic rings. The van der Waals surface area contributed by atoms with Gasteiger partial charge in [-0.1, -0.05) is 0 Å². The van der Waals surface area contributed by atoms with Crippen molar-refractivity contribution >= 4 is 24.8 Å². The SMILES string of the molecule is COCCc1nc(C2CCCNC2)n[nH]1.Cl.Cl. The Kier molecular flexibility index (Phi) is 8.51. The van der Waals surface area contributed by atoms with Gasteiger partial charge in [0.1, 0.15) is 5.82 Å². The number of ether oxygens (including phenoxy) is 1. The van der Waals surface area contributed by atoms with E-state index in [4.69, 9.17) is 4.74 Å². The summed E-state index contributed by atoms with van der Waals surface area (Å²) in [6.07, 6.45) is 3.21. The molecule has 0 radical (unpaired) electrons. The quantitative estimate of drug-likeness (QED) is 0.874. The second-order valence-corrected chi connectivity index (χ2v) is 3.93. The zero-order valence-electron chi connectivity index (χ0n) is 9.94. The molecule has 2 N–H and O–H groups in total. The van der Waals surface area contributed by atoms with Crippen molar-refractivity contribution in [1.29, 1.82) is 0 Å². The maximum Gasteiger partial charge on any atom is 0.155 e. The van der Waals surface area contributed by atoms with Crippen LogP contribution in [-0.2, 0) is 11.2 Å². The van der Waals surface area contributed by atoms with E-state index in [0.717, 1.165) is 31.2 Å². The molecule has 0 aromatic carbocycles. The number of H-pyrrole nitrogens is 1. The van der Waals surface area contributed by atoms with E-state index in [1.54, 1.807) is 7.11 Å². The predicted molar refractivity (Wildman–Crippen MR) is 71.3 cm³/mol. The normalized spacial score (nSPS) is 19.2. The van der Waals surface area contributed by atoms with E-state index < -0.39 is 0 Å². The highest BCUT2D eigenvalue weighted by Gasteiger charge is 2.19. The van der Waals surface area contributed by atoms with Crippen LogP contribution in [0, 0.1) is 0 Å². The fourth-order valence-electron chi connectivity index (χ4n) is 1.88. The number of rotatable bonds is 4.